The van der Waals surface area contributed by atoms with E-state index in [0.717, 1.165) is 13.2 Å². The van der Waals surface area contributed by atoms with E-state index >= 15 is 0 Å². The van der Waals surface area contributed by atoms with Crippen molar-refractivity contribution >= 4 is 27.9 Å². The molecule has 0 saturated carbocycles. The van der Waals surface area contributed by atoms with Crippen LogP contribution in [-0.4, -0.2) is 76.8 Å². The Kier molecular flexibility index (Phi) is 7.93. The summed E-state index contributed by atoms with van der Waals surface area (Å²) in [6, 6.07) is -1.08. The highest BCUT2D eigenvalue weighted by Crippen LogP contribution is 2.27. The van der Waals surface area contributed by atoms with Gasteiger partial charge in [0.25, 0.3) is 10.1 Å². The van der Waals surface area contributed by atoms with Gasteiger partial charge in [-0.15, -0.1) is 0 Å². The van der Waals surface area contributed by atoms with Crippen LogP contribution in [0.25, 0.3) is 0 Å². The van der Waals surface area contributed by atoms with Crippen LogP contribution in [0, 0.1) is 0 Å². The van der Waals surface area contributed by atoms with E-state index in [1.165, 1.54) is 21.0 Å². The van der Waals surface area contributed by atoms with Crippen molar-refractivity contribution in [3.63, 3.8) is 0 Å². The fourth-order valence-electron chi connectivity index (χ4n) is 2.55. The van der Waals surface area contributed by atoms with Crippen LogP contribution < -0.4 is 10.6 Å². The number of amides is 2. The first-order valence-corrected chi connectivity index (χ1v) is 9.51. The summed E-state index contributed by atoms with van der Waals surface area (Å²) in [6.45, 7) is 3.53. The number of hydrogen-bond donors (Lipinski definition) is 2. The maximum atomic E-state index is 11.7. The molecule has 0 bridgehead atoms. The maximum Gasteiger partial charge on any atom is 0.303 e. The molecule has 0 aromatic carbocycles. The topological polar surface area (TPSA) is 146 Å². The Labute approximate surface area is 151 Å². The molecule has 0 aromatic rings. The first-order valence-electron chi connectivity index (χ1n) is 7.70. The predicted molar refractivity (Wildman–Crippen MR) is 87.2 cm³/mol. The molecule has 3 unspecified atom stereocenters. The molecule has 150 valence electrons. The van der Waals surface area contributed by atoms with Crippen molar-refractivity contribution in [2.45, 2.75) is 51.4 Å². The molecule has 26 heavy (non-hydrogen) atoms. The highest BCUT2D eigenvalue weighted by Gasteiger charge is 2.50. The lowest BCUT2D eigenvalue weighted by Crippen LogP contribution is -2.67. The number of esters is 1. The van der Waals surface area contributed by atoms with Gasteiger partial charge in [0, 0.05) is 34.4 Å². The monoisotopic (exact) mass is 396 g/mol. The third kappa shape index (κ3) is 6.86. The molecule has 0 spiro atoms. The number of carbonyl (C=O) groups excluding carboxylic acids is 3. The molecule has 0 aromatic heterocycles. The number of nitrogens with one attached hydrogen (secondary N) is 2. The number of carbonyl (C=O) groups is 3. The Morgan fingerprint density at radius 3 is 2.12 bits per heavy atom. The molecule has 2 amide bonds. The summed E-state index contributed by atoms with van der Waals surface area (Å²) in [5, 5.41) is 4.99. The van der Waals surface area contributed by atoms with Crippen molar-refractivity contribution in [1.29, 1.82) is 0 Å². The minimum absolute atomic E-state index is 0.0937. The van der Waals surface area contributed by atoms with Crippen LogP contribution in [0.5, 0.6) is 0 Å². The molecule has 1 aliphatic heterocycles. The van der Waals surface area contributed by atoms with E-state index < -0.39 is 52.6 Å². The minimum Gasteiger partial charge on any atom is -0.457 e. The molecule has 5 atom stereocenters. The number of ether oxygens (including phenoxy) is 3. The summed E-state index contributed by atoms with van der Waals surface area (Å²) in [7, 11) is -2.70. The number of methoxy groups -OCH3 is 1. The van der Waals surface area contributed by atoms with Crippen molar-refractivity contribution in [2.75, 3.05) is 19.9 Å². The van der Waals surface area contributed by atoms with Crippen molar-refractivity contribution < 1.29 is 41.2 Å². The maximum absolute atomic E-state index is 11.7. The molecule has 0 radical (unpaired) electrons. The third-order valence-electron chi connectivity index (χ3n) is 3.39. The van der Waals surface area contributed by atoms with Crippen LogP contribution in [0.3, 0.4) is 0 Å². The molecule has 1 fully saturated rings. The van der Waals surface area contributed by atoms with Crippen LogP contribution in [0.4, 0.5) is 0 Å². The lowest BCUT2D eigenvalue weighted by Gasteiger charge is -2.44. The lowest BCUT2D eigenvalue weighted by atomic mass is 9.96. The van der Waals surface area contributed by atoms with Gasteiger partial charge in [-0.3, -0.25) is 18.6 Å². The van der Waals surface area contributed by atoms with Gasteiger partial charge < -0.3 is 24.8 Å². The Morgan fingerprint density at radius 2 is 1.69 bits per heavy atom. The van der Waals surface area contributed by atoms with E-state index in [1.54, 1.807) is 0 Å². The van der Waals surface area contributed by atoms with Crippen molar-refractivity contribution in [3.8, 4) is 0 Å². The summed E-state index contributed by atoms with van der Waals surface area (Å²) < 4.78 is 44.5. The van der Waals surface area contributed by atoms with Crippen molar-refractivity contribution in [1.82, 2.24) is 10.6 Å². The summed E-state index contributed by atoms with van der Waals surface area (Å²) in [5.74, 6) is -1.58. The SMILES string of the molecule is COC1OC(CNC(C)=O)[C@@H](OC(C)=O)[C@H](OS(C)(=O)=O)C1NC(C)=O. The van der Waals surface area contributed by atoms with Gasteiger partial charge >= 0.3 is 5.97 Å². The van der Waals surface area contributed by atoms with E-state index in [9.17, 15) is 22.8 Å². The summed E-state index contributed by atoms with van der Waals surface area (Å²) in [4.78, 5) is 34.2. The molecular weight excluding hydrogens is 372 g/mol. The van der Waals surface area contributed by atoms with Crippen LogP contribution in [0.2, 0.25) is 0 Å². The predicted octanol–water partition coefficient (Wildman–Crippen LogP) is -1.72. The summed E-state index contributed by atoms with van der Waals surface area (Å²) in [5.41, 5.74) is 0. The third-order valence-corrected chi connectivity index (χ3v) is 3.96. The van der Waals surface area contributed by atoms with Gasteiger partial charge in [-0.1, -0.05) is 0 Å². The van der Waals surface area contributed by atoms with Gasteiger partial charge in [-0.2, -0.15) is 8.42 Å². The zero-order valence-corrected chi connectivity index (χ0v) is 16.0. The minimum atomic E-state index is -3.99. The van der Waals surface area contributed by atoms with E-state index in [2.05, 4.69) is 10.6 Å². The van der Waals surface area contributed by atoms with Gasteiger partial charge in [-0.05, 0) is 0 Å². The molecule has 1 heterocycles. The largest absolute Gasteiger partial charge is 0.457 e. The highest BCUT2D eigenvalue weighted by molar-refractivity contribution is 7.86. The van der Waals surface area contributed by atoms with Gasteiger partial charge in [0.15, 0.2) is 12.4 Å². The van der Waals surface area contributed by atoms with E-state index in [4.69, 9.17) is 18.4 Å². The normalized spacial score (nSPS) is 28.9. The number of rotatable bonds is 7. The van der Waals surface area contributed by atoms with Gasteiger partial charge in [0.05, 0.1) is 6.26 Å². The highest BCUT2D eigenvalue weighted by atomic mass is 32.2. The fraction of sp³-hybridized carbons (Fsp3) is 0.786. The van der Waals surface area contributed by atoms with Gasteiger partial charge in [0.1, 0.15) is 18.2 Å². The Morgan fingerprint density at radius 1 is 1.08 bits per heavy atom. The van der Waals surface area contributed by atoms with Crippen molar-refractivity contribution in [3.05, 3.63) is 0 Å². The van der Waals surface area contributed by atoms with Crippen LogP contribution in [0.15, 0.2) is 0 Å². The molecule has 0 aliphatic carbocycles. The Balaban J connectivity index is 3.28. The first-order chi connectivity index (χ1) is 11.9. The molecule has 1 saturated heterocycles. The fourth-order valence-corrected chi connectivity index (χ4v) is 3.18. The van der Waals surface area contributed by atoms with Gasteiger partial charge in [-0.25, -0.2) is 0 Å². The zero-order chi connectivity index (χ0) is 20.1. The van der Waals surface area contributed by atoms with Crippen molar-refractivity contribution in [2.24, 2.45) is 0 Å². The van der Waals surface area contributed by atoms with Crippen LogP contribution in [0.1, 0.15) is 20.8 Å². The van der Waals surface area contributed by atoms with Crippen LogP contribution >= 0.6 is 0 Å². The quantitative estimate of drug-likeness (QED) is 0.379. The molecule has 12 heteroatoms. The Bertz CT molecular complexity index is 636. The second kappa shape index (κ2) is 9.26. The standard InChI is InChI=1S/C14H24N2O9S/c1-7(17)15-6-10-12(23-9(3)19)13(25-26(5,20)21)11(16-8(2)18)14(22-4)24-10/h10-14H,6H2,1-5H3,(H,15,17)(H,16,18)/t10?,11?,12-,13-,14?/m1/s1. The molecule has 1 rings (SSSR count). The number of hydrogen-bond acceptors (Lipinski definition) is 9. The van der Waals surface area contributed by atoms with Crippen LogP contribution in [-0.2, 0) is 42.9 Å². The average molecular weight is 396 g/mol. The molecule has 1 aliphatic rings. The van der Waals surface area contributed by atoms with E-state index in [1.807, 2.05) is 0 Å². The lowest BCUT2D eigenvalue weighted by molar-refractivity contribution is -0.255. The molecule has 11 nitrogen and oxygen atoms in total. The summed E-state index contributed by atoms with van der Waals surface area (Å²) in [6.07, 6.45) is -3.80. The van der Waals surface area contributed by atoms with E-state index in [0.29, 0.717) is 0 Å². The average Bonchev–Trinajstić information content (AvgIpc) is 2.47. The molecule has 2 N–H and O–H groups in total. The van der Waals surface area contributed by atoms with Gasteiger partial charge in [0.2, 0.25) is 11.8 Å². The summed E-state index contributed by atoms with van der Waals surface area (Å²) >= 11 is 0. The Hall–Kier alpha value is -1.76. The first kappa shape index (κ1) is 22.3. The second-order valence-electron chi connectivity index (χ2n) is 5.78. The second-order valence-corrected chi connectivity index (χ2v) is 7.38. The zero-order valence-electron chi connectivity index (χ0n) is 15.2. The smallest absolute Gasteiger partial charge is 0.303 e. The molecular formula is C14H24N2O9S. The van der Waals surface area contributed by atoms with E-state index in [-0.39, 0.29) is 12.5 Å².